The first-order valence-electron chi connectivity index (χ1n) is 6.60. The fraction of sp³-hybridized carbons (Fsp3) is 0.692. The molecule has 0 amide bonds. The standard InChI is InChI=1S/C13H22N4S/c1-9(2)13-16-11(14-3)8-12(17-13)15-10-4-6-18-7-5-10/h8-10H,4-7H2,1-3H3,(H2,14,15,16,17). The van der Waals surface area contributed by atoms with Crippen LogP contribution in [-0.2, 0) is 0 Å². The average Bonchev–Trinajstić information content (AvgIpc) is 2.39. The van der Waals surface area contributed by atoms with Crippen molar-refractivity contribution in [2.75, 3.05) is 29.2 Å². The van der Waals surface area contributed by atoms with Crippen molar-refractivity contribution in [3.63, 3.8) is 0 Å². The maximum absolute atomic E-state index is 4.61. The second-order valence-electron chi connectivity index (χ2n) is 4.93. The molecular weight excluding hydrogens is 244 g/mol. The van der Waals surface area contributed by atoms with E-state index < -0.39 is 0 Å². The molecule has 0 unspecified atom stereocenters. The maximum Gasteiger partial charge on any atom is 0.135 e. The van der Waals surface area contributed by atoms with Crippen molar-refractivity contribution in [1.82, 2.24) is 9.97 Å². The van der Waals surface area contributed by atoms with Crippen LogP contribution in [0.25, 0.3) is 0 Å². The van der Waals surface area contributed by atoms with E-state index in [-0.39, 0.29) is 0 Å². The van der Waals surface area contributed by atoms with Crippen molar-refractivity contribution in [2.45, 2.75) is 38.6 Å². The summed E-state index contributed by atoms with van der Waals surface area (Å²) in [5.74, 6) is 5.59. The molecule has 4 nitrogen and oxygen atoms in total. The van der Waals surface area contributed by atoms with Crippen LogP contribution < -0.4 is 10.6 Å². The van der Waals surface area contributed by atoms with Crippen LogP contribution in [0.4, 0.5) is 11.6 Å². The number of aromatic nitrogens is 2. The predicted octanol–water partition coefficient (Wildman–Crippen LogP) is 2.95. The summed E-state index contributed by atoms with van der Waals surface area (Å²) in [5, 5.41) is 6.65. The van der Waals surface area contributed by atoms with Crippen LogP contribution >= 0.6 is 11.8 Å². The Balaban J connectivity index is 2.12. The van der Waals surface area contributed by atoms with Gasteiger partial charge in [0.15, 0.2) is 0 Å². The Morgan fingerprint density at radius 1 is 1.22 bits per heavy atom. The highest BCUT2D eigenvalue weighted by molar-refractivity contribution is 7.99. The van der Waals surface area contributed by atoms with Crippen LogP contribution in [0.15, 0.2) is 6.07 Å². The summed E-state index contributed by atoms with van der Waals surface area (Å²) in [6.07, 6.45) is 2.45. The number of thioether (sulfide) groups is 1. The van der Waals surface area contributed by atoms with Gasteiger partial charge in [-0.25, -0.2) is 9.97 Å². The van der Waals surface area contributed by atoms with Gasteiger partial charge in [-0.1, -0.05) is 13.8 Å². The summed E-state index contributed by atoms with van der Waals surface area (Å²) < 4.78 is 0. The van der Waals surface area contributed by atoms with Gasteiger partial charge in [0.1, 0.15) is 17.5 Å². The fourth-order valence-electron chi connectivity index (χ4n) is 1.98. The van der Waals surface area contributed by atoms with E-state index in [1.165, 1.54) is 24.3 Å². The van der Waals surface area contributed by atoms with Crippen molar-refractivity contribution in [1.29, 1.82) is 0 Å². The SMILES string of the molecule is CNc1cc(NC2CCSCC2)nc(C(C)C)n1. The highest BCUT2D eigenvalue weighted by atomic mass is 32.2. The molecule has 1 aliphatic heterocycles. The zero-order valence-corrected chi connectivity index (χ0v) is 12.2. The van der Waals surface area contributed by atoms with Crippen LogP contribution in [0.5, 0.6) is 0 Å². The van der Waals surface area contributed by atoms with Crippen LogP contribution in [0.2, 0.25) is 0 Å². The van der Waals surface area contributed by atoms with Gasteiger partial charge in [-0.2, -0.15) is 11.8 Å². The third kappa shape index (κ3) is 3.51. The van der Waals surface area contributed by atoms with E-state index in [1.54, 1.807) is 0 Å². The third-order valence-corrected chi connectivity index (χ3v) is 4.14. The molecule has 1 fully saturated rings. The van der Waals surface area contributed by atoms with Gasteiger partial charge < -0.3 is 10.6 Å². The van der Waals surface area contributed by atoms with Crippen LogP contribution in [0.3, 0.4) is 0 Å². The smallest absolute Gasteiger partial charge is 0.135 e. The molecule has 1 saturated heterocycles. The molecule has 0 atom stereocenters. The molecule has 5 heteroatoms. The van der Waals surface area contributed by atoms with Gasteiger partial charge in [0.05, 0.1) is 0 Å². The first kappa shape index (κ1) is 13.5. The highest BCUT2D eigenvalue weighted by Gasteiger charge is 2.15. The minimum atomic E-state index is 0.348. The van der Waals surface area contributed by atoms with Crippen molar-refractivity contribution in [3.8, 4) is 0 Å². The molecule has 2 rings (SSSR count). The Morgan fingerprint density at radius 3 is 2.50 bits per heavy atom. The maximum atomic E-state index is 4.61. The molecule has 1 aromatic rings. The Bertz CT molecular complexity index is 389. The molecule has 0 aromatic carbocycles. The lowest BCUT2D eigenvalue weighted by molar-refractivity contribution is 0.660. The van der Waals surface area contributed by atoms with Crippen molar-refractivity contribution in [2.24, 2.45) is 0 Å². The zero-order chi connectivity index (χ0) is 13.0. The van der Waals surface area contributed by atoms with Gasteiger partial charge in [-0.3, -0.25) is 0 Å². The number of nitrogens with one attached hydrogen (secondary N) is 2. The van der Waals surface area contributed by atoms with Gasteiger partial charge in [-0.05, 0) is 24.3 Å². The summed E-state index contributed by atoms with van der Waals surface area (Å²) in [5.41, 5.74) is 0. The highest BCUT2D eigenvalue weighted by Crippen LogP contribution is 2.22. The lowest BCUT2D eigenvalue weighted by Gasteiger charge is -2.23. The predicted molar refractivity (Wildman–Crippen MR) is 79.6 cm³/mol. The molecule has 18 heavy (non-hydrogen) atoms. The number of hydrogen-bond donors (Lipinski definition) is 2. The van der Waals surface area contributed by atoms with E-state index in [4.69, 9.17) is 0 Å². The van der Waals surface area contributed by atoms with Crippen molar-refractivity contribution >= 4 is 23.4 Å². The lowest BCUT2D eigenvalue weighted by Crippen LogP contribution is -2.25. The van der Waals surface area contributed by atoms with Gasteiger partial charge in [0, 0.05) is 25.1 Å². The van der Waals surface area contributed by atoms with E-state index in [9.17, 15) is 0 Å². The normalized spacial score (nSPS) is 16.9. The minimum Gasteiger partial charge on any atom is -0.373 e. The van der Waals surface area contributed by atoms with E-state index in [1.807, 2.05) is 24.9 Å². The minimum absolute atomic E-state index is 0.348. The van der Waals surface area contributed by atoms with Crippen molar-refractivity contribution in [3.05, 3.63) is 11.9 Å². The topological polar surface area (TPSA) is 49.8 Å². The van der Waals surface area contributed by atoms with E-state index in [0.717, 1.165) is 17.5 Å². The first-order valence-corrected chi connectivity index (χ1v) is 7.75. The number of nitrogens with zero attached hydrogens (tertiary/aromatic N) is 2. The Hall–Kier alpha value is -0.970. The summed E-state index contributed by atoms with van der Waals surface area (Å²) in [4.78, 5) is 9.08. The van der Waals surface area contributed by atoms with Crippen LogP contribution in [0, 0.1) is 0 Å². The van der Waals surface area contributed by atoms with E-state index in [0.29, 0.717) is 12.0 Å². The first-order chi connectivity index (χ1) is 8.69. The van der Waals surface area contributed by atoms with Gasteiger partial charge in [0.2, 0.25) is 0 Å². The second kappa shape index (κ2) is 6.27. The van der Waals surface area contributed by atoms with Gasteiger partial charge in [0.25, 0.3) is 0 Å². The molecular formula is C13H22N4S. The molecule has 1 aromatic heterocycles. The molecule has 0 bridgehead atoms. The summed E-state index contributed by atoms with van der Waals surface area (Å²) in [6, 6.07) is 2.55. The monoisotopic (exact) mass is 266 g/mol. The third-order valence-electron chi connectivity index (χ3n) is 3.09. The van der Waals surface area contributed by atoms with Crippen molar-refractivity contribution < 1.29 is 0 Å². The number of rotatable bonds is 4. The molecule has 0 radical (unpaired) electrons. The van der Waals surface area contributed by atoms with Crippen LogP contribution in [0.1, 0.15) is 38.4 Å². The number of hydrogen-bond acceptors (Lipinski definition) is 5. The molecule has 0 aliphatic carbocycles. The van der Waals surface area contributed by atoms with E-state index >= 15 is 0 Å². The Kier molecular flexibility index (Phi) is 4.69. The Morgan fingerprint density at radius 2 is 1.89 bits per heavy atom. The van der Waals surface area contributed by atoms with Crippen LogP contribution in [-0.4, -0.2) is 34.6 Å². The van der Waals surface area contributed by atoms with Gasteiger partial charge >= 0.3 is 0 Å². The van der Waals surface area contributed by atoms with Gasteiger partial charge in [-0.15, -0.1) is 0 Å². The summed E-state index contributed by atoms with van der Waals surface area (Å²) >= 11 is 2.04. The molecule has 2 N–H and O–H groups in total. The second-order valence-corrected chi connectivity index (χ2v) is 6.16. The summed E-state index contributed by atoms with van der Waals surface area (Å²) in [7, 11) is 1.90. The quantitative estimate of drug-likeness (QED) is 0.877. The fourth-order valence-corrected chi connectivity index (χ4v) is 3.08. The largest absolute Gasteiger partial charge is 0.373 e. The lowest BCUT2D eigenvalue weighted by atomic mass is 10.1. The summed E-state index contributed by atoms with van der Waals surface area (Å²) in [6.45, 7) is 4.24. The molecule has 2 heterocycles. The molecule has 0 spiro atoms. The Labute approximate surface area is 113 Å². The molecule has 0 saturated carbocycles. The zero-order valence-electron chi connectivity index (χ0n) is 11.4. The molecule has 100 valence electrons. The number of anilines is 2. The average molecular weight is 266 g/mol. The molecule has 1 aliphatic rings. The van der Waals surface area contributed by atoms with E-state index in [2.05, 4.69) is 34.4 Å².